The standard InChI is InChI=1S/C13H8Cl5N/c1-5-3-4-7(19-6(5)2)8-9(14)11(16)13(18)12(17)10(8)15/h3-4H,1-2H3. The number of hydrogen-bond acceptors (Lipinski definition) is 1. The molecule has 0 aliphatic rings. The van der Waals surface area contributed by atoms with Crippen molar-refractivity contribution < 1.29 is 0 Å². The zero-order valence-electron chi connectivity index (χ0n) is 9.99. The van der Waals surface area contributed by atoms with Crippen LogP contribution in [0.1, 0.15) is 11.3 Å². The van der Waals surface area contributed by atoms with Crippen molar-refractivity contribution in [1.29, 1.82) is 0 Å². The predicted octanol–water partition coefficient (Wildman–Crippen LogP) is 6.63. The Hall–Kier alpha value is -0.180. The van der Waals surface area contributed by atoms with Gasteiger partial charge in [0.1, 0.15) is 0 Å². The van der Waals surface area contributed by atoms with E-state index in [2.05, 4.69) is 4.98 Å². The van der Waals surface area contributed by atoms with Crippen LogP contribution in [0.3, 0.4) is 0 Å². The van der Waals surface area contributed by atoms with Crippen LogP contribution in [0.15, 0.2) is 12.1 Å². The fourth-order valence-electron chi connectivity index (χ4n) is 1.60. The third kappa shape index (κ3) is 2.68. The Balaban J connectivity index is 2.79. The lowest BCUT2D eigenvalue weighted by atomic mass is 10.1. The minimum Gasteiger partial charge on any atom is -0.253 e. The largest absolute Gasteiger partial charge is 0.253 e. The molecule has 0 radical (unpaired) electrons. The van der Waals surface area contributed by atoms with Crippen LogP contribution in [-0.4, -0.2) is 4.98 Å². The Labute approximate surface area is 136 Å². The summed E-state index contributed by atoms with van der Waals surface area (Å²) in [4.78, 5) is 4.45. The summed E-state index contributed by atoms with van der Waals surface area (Å²) in [6.45, 7) is 3.87. The van der Waals surface area contributed by atoms with Gasteiger partial charge in [-0.1, -0.05) is 64.1 Å². The predicted molar refractivity (Wildman–Crippen MR) is 84.2 cm³/mol. The van der Waals surface area contributed by atoms with Gasteiger partial charge >= 0.3 is 0 Å². The number of aromatic nitrogens is 1. The molecule has 1 aromatic carbocycles. The molecule has 0 aliphatic heterocycles. The average molecular weight is 355 g/mol. The second-order valence-electron chi connectivity index (χ2n) is 4.04. The van der Waals surface area contributed by atoms with E-state index in [-0.39, 0.29) is 25.1 Å². The fourth-order valence-corrected chi connectivity index (χ4v) is 2.93. The van der Waals surface area contributed by atoms with E-state index < -0.39 is 0 Å². The maximum atomic E-state index is 6.20. The zero-order chi connectivity index (χ0) is 14.3. The second kappa shape index (κ2) is 5.67. The van der Waals surface area contributed by atoms with Crippen molar-refractivity contribution >= 4 is 58.0 Å². The minimum atomic E-state index is 0.144. The van der Waals surface area contributed by atoms with Gasteiger partial charge in [-0.15, -0.1) is 0 Å². The highest BCUT2D eigenvalue weighted by Crippen LogP contribution is 2.47. The van der Waals surface area contributed by atoms with Crippen molar-refractivity contribution in [2.24, 2.45) is 0 Å². The molecule has 0 spiro atoms. The first-order chi connectivity index (χ1) is 8.84. The maximum Gasteiger partial charge on any atom is 0.0809 e. The Bertz CT molecular complexity index is 638. The van der Waals surface area contributed by atoms with Crippen molar-refractivity contribution in [1.82, 2.24) is 4.98 Å². The van der Waals surface area contributed by atoms with E-state index in [4.69, 9.17) is 58.0 Å². The molecule has 0 fully saturated rings. The lowest BCUT2D eigenvalue weighted by Crippen LogP contribution is -1.93. The number of nitrogens with zero attached hydrogens (tertiary/aromatic N) is 1. The maximum absolute atomic E-state index is 6.20. The number of halogens is 5. The molecule has 0 bridgehead atoms. The quantitative estimate of drug-likeness (QED) is 0.413. The van der Waals surface area contributed by atoms with Crippen molar-refractivity contribution in [2.45, 2.75) is 13.8 Å². The lowest BCUT2D eigenvalue weighted by Gasteiger charge is -2.13. The van der Waals surface area contributed by atoms with E-state index in [1.807, 2.05) is 26.0 Å². The summed E-state index contributed by atoms with van der Waals surface area (Å²) < 4.78 is 0. The van der Waals surface area contributed by atoms with Gasteiger partial charge in [-0.25, -0.2) is 0 Å². The Morgan fingerprint density at radius 2 is 1.21 bits per heavy atom. The highest BCUT2D eigenvalue weighted by molar-refractivity contribution is 6.56. The third-order valence-electron chi connectivity index (χ3n) is 2.82. The molecule has 1 heterocycles. The van der Waals surface area contributed by atoms with Crippen molar-refractivity contribution in [3.05, 3.63) is 48.5 Å². The monoisotopic (exact) mass is 353 g/mol. The van der Waals surface area contributed by atoms with Crippen LogP contribution in [0.25, 0.3) is 11.3 Å². The van der Waals surface area contributed by atoms with Crippen LogP contribution in [-0.2, 0) is 0 Å². The number of hydrogen-bond donors (Lipinski definition) is 0. The van der Waals surface area contributed by atoms with Crippen LogP contribution in [0.5, 0.6) is 0 Å². The van der Waals surface area contributed by atoms with Crippen LogP contribution in [0.4, 0.5) is 0 Å². The molecule has 0 unspecified atom stereocenters. The molecule has 0 saturated carbocycles. The molecule has 19 heavy (non-hydrogen) atoms. The first-order valence-corrected chi connectivity index (χ1v) is 7.19. The van der Waals surface area contributed by atoms with Crippen LogP contribution in [0.2, 0.25) is 25.1 Å². The van der Waals surface area contributed by atoms with E-state index in [0.717, 1.165) is 11.3 Å². The molecule has 0 saturated heterocycles. The third-order valence-corrected chi connectivity index (χ3v) is 5.09. The fraction of sp³-hybridized carbons (Fsp3) is 0.154. The highest BCUT2D eigenvalue weighted by Gasteiger charge is 2.21. The van der Waals surface area contributed by atoms with Crippen molar-refractivity contribution in [3.8, 4) is 11.3 Å². The molecule has 1 nitrogen and oxygen atoms in total. The van der Waals surface area contributed by atoms with Gasteiger partial charge in [-0.3, -0.25) is 4.98 Å². The smallest absolute Gasteiger partial charge is 0.0809 e. The van der Waals surface area contributed by atoms with Crippen molar-refractivity contribution in [2.75, 3.05) is 0 Å². The number of benzene rings is 1. The van der Waals surface area contributed by atoms with Crippen LogP contribution < -0.4 is 0 Å². The average Bonchev–Trinajstić information content (AvgIpc) is 2.38. The summed E-state index contributed by atoms with van der Waals surface area (Å²) in [6, 6.07) is 3.75. The van der Waals surface area contributed by atoms with Gasteiger partial charge in [0, 0.05) is 11.3 Å². The van der Waals surface area contributed by atoms with E-state index >= 15 is 0 Å². The molecule has 0 N–H and O–H groups in total. The van der Waals surface area contributed by atoms with Gasteiger partial charge in [-0.05, 0) is 25.5 Å². The molecule has 0 aliphatic carbocycles. The van der Waals surface area contributed by atoms with E-state index in [1.165, 1.54) is 0 Å². The molecular formula is C13H8Cl5N. The van der Waals surface area contributed by atoms with E-state index in [9.17, 15) is 0 Å². The summed E-state index contributed by atoms with van der Waals surface area (Å²) in [7, 11) is 0. The lowest BCUT2D eigenvalue weighted by molar-refractivity contribution is 1.15. The molecule has 0 atom stereocenters. The number of pyridine rings is 1. The molecule has 2 aromatic rings. The Kier molecular flexibility index (Phi) is 4.54. The number of rotatable bonds is 1. The normalized spacial score (nSPS) is 10.9. The van der Waals surface area contributed by atoms with Gasteiger partial charge in [-0.2, -0.15) is 0 Å². The SMILES string of the molecule is Cc1ccc(-c2c(Cl)c(Cl)c(Cl)c(Cl)c2Cl)nc1C. The van der Waals surface area contributed by atoms with Crippen LogP contribution >= 0.6 is 58.0 Å². The first kappa shape index (κ1) is 15.2. The van der Waals surface area contributed by atoms with Gasteiger partial charge in [0.15, 0.2) is 0 Å². The highest BCUT2D eigenvalue weighted by atomic mass is 35.5. The zero-order valence-corrected chi connectivity index (χ0v) is 13.8. The summed E-state index contributed by atoms with van der Waals surface area (Å²) in [5, 5.41) is 0.986. The first-order valence-electron chi connectivity index (χ1n) is 5.30. The molecular weight excluding hydrogens is 347 g/mol. The van der Waals surface area contributed by atoms with Gasteiger partial charge in [0.25, 0.3) is 0 Å². The molecule has 0 amide bonds. The van der Waals surface area contributed by atoms with Gasteiger partial charge < -0.3 is 0 Å². The minimum absolute atomic E-state index is 0.144. The van der Waals surface area contributed by atoms with Gasteiger partial charge in [0.05, 0.1) is 30.8 Å². The van der Waals surface area contributed by atoms with Crippen LogP contribution in [0, 0.1) is 13.8 Å². The van der Waals surface area contributed by atoms with E-state index in [1.54, 1.807) is 0 Å². The molecule has 2 rings (SSSR count). The molecule has 6 heteroatoms. The van der Waals surface area contributed by atoms with Crippen molar-refractivity contribution in [3.63, 3.8) is 0 Å². The molecule has 100 valence electrons. The molecule has 1 aromatic heterocycles. The second-order valence-corrected chi connectivity index (χ2v) is 5.93. The summed E-state index contributed by atoms with van der Waals surface area (Å²) in [5.74, 6) is 0. The van der Waals surface area contributed by atoms with Gasteiger partial charge in [0.2, 0.25) is 0 Å². The number of aryl methyl sites for hydroxylation is 2. The Morgan fingerprint density at radius 1 is 0.737 bits per heavy atom. The summed E-state index contributed by atoms with van der Waals surface area (Å²) in [5.41, 5.74) is 3.05. The topological polar surface area (TPSA) is 12.9 Å². The summed E-state index contributed by atoms with van der Waals surface area (Å²) >= 11 is 30.4. The summed E-state index contributed by atoms with van der Waals surface area (Å²) in [6.07, 6.45) is 0. The van der Waals surface area contributed by atoms with E-state index in [0.29, 0.717) is 11.3 Å². The Morgan fingerprint density at radius 3 is 1.68 bits per heavy atom.